The van der Waals surface area contributed by atoms with Crippen LogP contribution in [0.25, 0.3) is 0 Å². The molecule has 0 aromatic heterocycles. The van der Waals surface area contributed by atoms with Gasteiger partial charge in [-0.1, -0.05) is 52.8 Å². The van der Waals surface area contributed by atoms with Crippen LogP contribution in [0.4, 0.5) is 5.69 Å². The maximum atomic E-state index is 12.6. The second kappa shape index (κ2) is 8.86. The Balaban J connectivity index is 1.78. The number of amides is 1. The maximum absolute atomic E-state index is 12.6. The number of rotatable bonds is 9. The molecule has 0 bridgehead atoms. The van der Waals surface area contributed by atoms with Crippen molar-refractivity contribution in [3.8, 4) is 0 Å². The monoisotopic (exact) mass is 391 g/mol. The predicted molar refractivity (Wildman–Crippen MR) is 116 cm³/mol. The molecule has 5 nitrogen and oxygen atoms in total. The Labute approximate surface area is 165 Å². The highest BCUT2D eigenvalue weighted by Crippen LogP contribution is 2.37. The van der Waals surface area contributed by atoms with Gasteiger partial charge in [-0.3, -0.25) is 4.79 Å². The van der Waals surface area contributed by atoms with Crippen LogP contribution in [-0.2, 0) is 9.22 Å². The highest BCUT2D eigenvalue weighted by Gasteiger charge is 2.42. The first-order chi connectivity index (χ1) is 12.5. The molecule has 1 aromatic rings. The van der Waals surface area contributed by atoms with Crippen LogP contribution >= 0.6 is 0 Å². The van der Waals surface area contributed by atoms with Gasteiger partial charge in [0.2, 0.25) is 5.91 Å². The van der Waals surface area contributed by atoms with Gasteiger partial charge < -0.3 is 20.4 Å². The fourth-order valence-corrected chi connectivity index (χ4v) is 3.76. The van der Waals surface area contributed by atoms with E-state index >= 15 is 0 Å². The fourth-order valence-electron chi connectivity index (χ4n) is 2.73. The fraction of sp³-hybridized carbons (Fsp3) is 0.667. The lowest BCUT2D eigenvalue weighted by atomic mass is 10.0. The summed E-state index contributed by atoms with van der Waals surface area (Å²) in [7, 11) is -1.71. The van der Waals surface area contributed by atoms with E-state index in [0.29, 0.717) is 12.1 Å². The number of hydrogen-bond donors (Lipinski definition) is 3. The zero-order chi connectivity index (χ0) is 20.2. The Kier molecular flexibility index (Phi) is 7.25. The summed E-state index contributed by atoms with van der Waals surface area (Å²) in [5.41, 5.74) is 0.833. The van der Waals surface area contributed by atoms with Crippen LogP contribution in [0.3, 0.4) is 0 Å². The van der Waals surface area contributed by atoms with Gasteiger partial charge in [-0.15, -0.1) is 0 Å². The van der Waals surface area contributed by atoms with Crippen LogP contribution in [0.2, 0.25) is 18.1 Å². The van der Waals surface area contributed by atoms with Gasteiger partial charge >= 0.3 is 0 Å². The molecule has 1 saturated heterocycles. The molecule has 1 fully saturated rings. The lowest BCUT2D eigenvalue weighted by Gasteiger charge is -2.36. The van der Waals surface area contributed by atoms with Gasteiger partial charge in [0, 0.05) is 24.3 Å². The second-order valence-electron chi connectivity index (χ2n) is 9.44. The van der Waals surface area contributed by atoms with E-state index in [1.807, 2.05) is 30.3 Å². The van der Waals surface area contributed by atoms with Gasteiger partial charge in [0.25, 0.3) is 0 Å². The van der Waals surface area contributed by atoms with Crippen molar-refractivity contribution in [2.45, 2.75) is 70.9 Å². The molecule has 3 N–H and O–H groups in total. The normalized spacial score (nSPS) is 21.2. The molecular formula is C21H37N3O2Si. The van der Waals surface area contributed by atoms with Gasteiger partial charge in [-0.2, -0.15) is 0 Å². The van der Waals surface area contributed by atoms with Crippen molar-refractivity contribution in [3.63, 3.8) is 0 Å². The smallest absolute Gasteiger partial charge is 0.241 e. The largest absolute Gasteiger partial charge is 0.415 e. The third kappa shape index (κ3) is 6.42. The molecule has 152 valence electrons. The molecule has 27 heavy (non-hydrogen) atoms. The van der Waals surface area contributed by atoms with Crippen molar-refractivity contribution in [2.75, 3.05) is 18.5 Å². The molecular weight excluding hydrogens is 354 g/mol. The Bertz CT molecular complexity index is 614. The van der Waals surface area contributed by atoms with Crippen molar-refractivity contribution < 1.29 is 9.22 Å². The van der Waals surface area contributed by atoms with Crippen molar-refractivity contribution in [1.82, 2.24) is 10.6 Å². The highest BCUT2D eigenvalue weighted by atomic mass is 28.4. The molecule has 0 unspecified atom stereocenters. The van der Waals surface area contributed by atoms with E-state index in [9.17, 15) is 4.79 Å². The maximum Gasteiger partial charge on any atom is 0.241 e. The van der Waals surface area contributed by atoms with Gasteiger partial charge in [0.15, 0.2) is 8.32 Å². The minimum atomic E-state index is -1.71. The molecule has 2 rings (SSSR count). The van der Waals surface area contributed by atoms with Crippen LogP contribution in [0.5, 0.6) is 0 Å². The first-order valence-electron chi connectivity index (χ1n) is 10.0. The Hall–Kier alpha value is -1.21. The lowest BCUT2D eigenvalue weighted by molar-refractivity contribution is -0.119. The van der Waals surface area contributed by atoms with Crippen LogP contribution in [-0.4, -0.2) is 45.5 Å². The van der Waals surface area contributed by atoms with E-state index in [1.54, 1.807) is 0 Å². The van der Waals surface area contributed by atoms with Gasteiger partial charge in [-0.25, -0.2) is 0 Å². The van der Waals surface area contributed by atoms with Gasteiger partial charge in [0.05, 0.1) is 12.6 Å². The summed E-state index contributed by atoms with van der Waals surface area (Å²) in [4.78, 5) is 12.6. The molecule has 0 radical (unpaired) electrons. The van der Waals surface area contributed by atoms with E-state index in [4.69, 9.17) is 4.43 Å². The number of nitrogens with one attached hydrogen (secondary N) is 3. The zero-order valence-corrected chi connectivity index (χ0v) is 18.9. The van der Waals surface area contributed by atoms with E-state index in [0.717, 1.165) is 18.8 Å². The minimum Gasteiger partial charge on any atom is -0.415 e. The van der Waals surface area contributed by atoms with Crippen molar-refractivity contribution in [1.29, 1.82) is 0 Å². The van der Waals surface area contributed by atoms with Crippen LogP contribution < -0.4 is 16.0 Å². The van der Waals surface area contributed by atoms with Crippen molar-refractivity contribution in [2.24, 2.45) is 5.92 Å². The van der Waals surface area contributed by atoms with Crippen LogP contribution in [0.15, 0.2) is 30.3 Å². The zero-order valence-electron chi connectivity index (χ0n) is 17.9. The molecule has 1 aliphatic heterocycles. The Morgan fingerprint density at radius 2 is 1.81 bits per heavy atom. The number of hydrogen-bond acceptors (Lipinski definition) is 4. The summed E-state index contributed by atoms with van der Waals surface area (Å²) in [6.07, 6.45) is 0. The average Bonchev–Trinajstić information content (AvgIpc) is 3.31. The van der Waals surface area contributed by atoms with Crippen LogP contribution in [0, 0.1) is 5.92 Å². The molecule has 0 spiro atoms. The number of anilines is 1. The summed E-state index contributed by atoms with van der Waals surface area (Å²) < 4.78 is 6.30. The third-order valence-corrected chi connectivity index (χ3v) is 10.3. The van der Waals surface area contributed by atoms with Gasteiger partial charge in [-0.05, 0) is 36.2 Å². The topological polar surface area (TPSA) is 72.3 Å². The SMILES string of the molecule is CC(C)[C@@H](NC[C@H]1N[C@H]1CO[Si](C)(C)C(C)(C)C)C(=O)Nc1ccccc1. The second-order valence-corrected chi connectivity index (χ2v) is 14.2. The summed E-state index contributed by atoms with van der Waals surface area (Å²) in [6.45, 7) is 17.0. The summed E-state index contributed by atoms with van der Waals surface area (Å²) in [5, 5.41) is 10.1. The third-order valence-electron chi connectivity index (χ3n) is 5.78. The molecule has 0 aliphatic carbocycles. The van der Waals surface area contributed by atoms with Crippen molar-refractivity contribution >= 4 is 19.9 Å². The van der Waals surface area contributed by atoms with E-state index < -0.39 is 8.32 Å². The number of carbonyl (C=O) groups excluding carboxylic acids is 1. The summed E-state index contributed by atoms with van der Waals surface area (Å²) in [5.74, 6) is 0.236. The molecule has 1 heterocycles. The van der Waals surface area contributed by atoms with E-state index in [1.165, 1.54) is 0 Å². The Morgan fingerprint density at radius 3 is 2.37 bits per heavy atom. The highest BCUT2D eigenvalue weighted by molar-refractivity contribution is 6.74. The average molecular weight is 392 g/mol. The van der Waals surface area contributed by atoms with Crippen molar-refractivity contribution in [3.05, 3.63) is 30.3 Å². The van der Waals surface area contributed by atoms with E-state index in [-0.39, 0.29) is 22.9 Å². The quantitative estimate of drug-likeness (QED) is 0.444. The number of para-hydroxylation sites is 1. The summed E-state index contributed by atoms with van der Waals surface area (Å²) >= 11 is 0. The molecule has 1 aliphatic rings. The predicted octanol–water partition coefficient (Wildman–Crippen LogP) is 3.60. The lowest BCUT2D eigenvalue weighted by Crippen LogP contribution is -2.46. The molecule has 1 aromatic carbocycles. The summed E-state index contributed by atoms with van der Waals surface area (Å²) in [6, 6.07) is 10.2. The van der Waals surface area contributed by atoms with Crippen LogP contribution in [0.1, 0.15) is 34.6 Å². The first-order valence-corrected chi connectivity index (χ1v) is 12.9. The molecule has 6 heteroatoms. The van der Waals surface area contributed by atoms with E-state index in [2.05, 4.69) is 63.7 Å². The number of carbonyl (C=O) groups is 1. The molecule has 1 amide bonds. The standard InChI is InChI=1S/C21H37N3O2Si/c1-15(2)19(20(25)23-16-11-9-8-10-12-16)22-13-17-18(24-17)14-26-27(6,7)21(3,4)5/h8-12,15,17-19,22,24H,13-14H2,1-7H3,(H,23,25)/t17-,18+,19-/m1/s1. The Morgan fingerprint density at radius 1 is 1.19 bits per heavy atom. The van der Waals surface area contributed by atoms with Gasteiger partial charge in [0.1, 0.15) is 0 Å². The minimum absolute atomic E-state index is 0.0194. The molecule has 3 atom stereocenters. The molecule has 0 saturated carbocycles. The first kappa shape index (κ1) is 22.1. The number of benzene rings is 1.